The second-order valence-corrected chi connectivity index (χ2v) is 8.84. The second-order valence-electron chi connectivity index (χ2n) is 6.96. The van der Waals surface area contributed by atoms with Gasteiger partial charge < -0.3 is 19.3 Å². The highest BCUT2D eigenvalue weighted by Gasteiger charge is 2.36. The van der Waals surface area contributed by atoms with E-state index >= 15 is 0 Å². The third kappa shape index (κ3) is 5.82. The van der Waals surface area contributed by atoms with Crippen LogP contribution in [0.25, 0.3) is 0 Å². The number of benzene rings is 1. The molecular weight excluding hydrogens is 440 g/mol. The van der Waals surface area contributed by atoms with Gasteiger partial charge in [0.2, 0.25) is 11.8 Å². The highest BCUT2D eigenvalue weighted by Crippen LogP contribution is 2.29. The van der Waals surface area contributed by atoms with E-state index in [-0.39, 0.29) is 30.6 Å². The van der Waals surface area contributed by atoms with Gasteiger partial charge in [0, 0.05) is 30.1 Å². The molecule has 0 N–H and O–H groups in total. The number of esters is 2. The lowest BCUT2D eigenvalue weighted by molar-refractivity contribution is -0.148. The third-order valence-electron chi connectivity index (χ3n) is 4.97. The van der Waals surface area contributed by atoms with Crippen molar-refractivity contribution in [2.45, 2.75) is 17.7 Å². The van der Waals surface area contributed by atoms with Gasteiger partial charge in [-0.05, 0) is 36.9 Å². The molecule has 8 nitrogen and oxygen atoms in total. The molecule has 2 aliphatic heterocycles. The number of anilines is 1. The van der Waals surface area contributed by atoms with E-state index < -0.39 is 17.9 Å². The zero-order valence-corrected chi connectivity index (χ0v) is 19.0. The van der Waals surface area contributed by atoms with E-state index in [2.05, 4.69) is 4.74 Å². The summed E-state index contributed by atoms with van der Waals surface area (Å²) in [6.07, 6.45) is 3.82. The first-order valence-corrected chi connectivity index (χ1v) is 12.0. The van der Waals surface area contributed by atoms with Gasteiger partial charge in [-0.25, -0.2) is 4.79 Å². The first-order valence-electron chi connectivity index (χ1n) is 9.76. The molecule has 0 radical (unpaired) electrons. The summed E-state index contributed by atoms with van der Waals surface area (Å²) in [6.45, 7) is 0.759. The quantitative estimate of drug-likeness (QED) is 0.250. The largest absolute Gasteiger partial charge is 0.466 e. The summed E-state index contributed by atoms with van der Waals surface area (Å²) < 4.78 is 9.95. The van der Waals surface area contributed by atoms with Gasteiger partial charge in [-0.3, -0.25) is 14.4 Å². The Morgan fingerprint density at radius 2 is 1.97 bits per heavy atom. The van der Waals surface area contributed by atoms with Crippen LogP contribution in [0.3, 0.4) is 0 Å². The van der Waals surface area contributed by atoms with Gasteiger partial charge in [0.25, 0.3) is 0 Å². The van der Waals surface area contributed by atoms with Crippen LogP contribution in [0.5, 0.6) is 0 Å². The number of carbonyl (C=O) groups excluding carboxylic acids is 4. The van der Waals surface area contributed by atoms with Crippen LogP contribution in [-0.4, -0.2) is 67.5 Å². The van der Waals surface area contributed by atoms with Crippen LogP contribution in [0.15, 0.2) is 40.3 Å². The molecule has 0 saturated carbocycles. The van der Waals surface area contributed by atoms with E-state index in [0.29, 0.717) is 24.5 Å². The molecule has 2 heterocycles. The highest BCUT2D eigenvalue weighted by atomic mass is 32.2. The van der Waals surface area contributed by atoms with Crippen molar-refractivity contribution in [3.63, 3.8) is 0 Å². The smallest absolute Gasteiger partial charge is 0.333 e. The second kappa shape index (κ2) is 10.7. The summed E-state index contributed by atoms with van der Waals surface area (Å²) in [4.78, 5) is 52.4. The Kier molecular flexibility index (Phi) is 8.03. The predicted octanol–water partition coefficient (Wildman–Crippen LogP) is 2.28. The van der Waals surface area contributed by atoms with E-state index in [0.717, 1.165) is 10.6 Å². The van der Waals surface area contributed by atoms with E-state index in [4.69, 9.17) is 4.74 Å². The van der Waals surface area contributed by atoms with Crippen LogP contribution >= 0.6 is 23.5 Å². The van der Waals surface area contributed by atoms with Crippen molar-refractivity contribution in [1.29, 1.82) is 0 Å². The molecule has 2 saturated heterocycles. The van der Waals surface area contributed by atoms with E-state index in [1.807, 2.05) is 30.5 Å². The van der Waals surface area contributed by atoms with Gasteiger partial charge in [0.15, 0.2) is 0 Å². The summed E-state index contributed by atoms with van der Waals surface area (Å²) in [5.41, 5.74) is 0.771. The Morgan fingerprint density at radius 3 is 2.65 bits per heavy atom. The van der Waals surface area contributed by atoms with Gasteiger partial charge in [-0.15, -0.1) is 11.8 Å². The van der Waals surface area contributed by atoms with Gasteiger partial charge >= 0.3 is 11.9 Å². The Balaban J connectivity index is 1.46. The highest BCUT2D eigenvalue weighted by molar-refractivity contribution is 8.04. The summed E-state index contributed by atoms with van der Waals surface area (Å²) in [6, 6.07) is 7.64. The fourth-order valence-electron chi connectivity index (χ4n) is 3.32. The molecular formula is C21H24N2O6S2. The minimum absolute atomic E-state index is 0.101. The Hall–Kier alpha value is -2.46. The van der Waals surface area contributed by atoms with Crippen molar-refractivity contribution >= 4 is 53.0 Å². The maximum Gasteiger partial charge on any atom is 0.333 e. The number of amides is 2. The Bertz CT molecular complexity index is 886. The van der Waals surface area contributed by atoms with Crippen LogP contribution in [0.2, 0.25) is 0 Å². The number of hydrogen-bond acceptors (Lipinski definition) is 8. The van der Waals surface area contributed by atoms with E-state index in [1.54, 1.807) is 16.7 Å². The van der Waals surface area contributed by atoms with Crippen LogP contribution in [0.1, 0.15) is 12.8 Å². The van der Waals surface area contributed by atoms with Crippen molar-refractivity contribution in [3.8, 4) is 0 Å². The van der Waals surface area contributed by atoms with Crippen LogP contribution in [0.4, 0.5) is 5.69 Å². The molecule has 3 rings (SSSR count). The number of methoxy groups -OCH3 is 1. The predicted molar refractivity (Wildman–Crippen MR) is 119 cm³/mol. The first-order chi connectivity index (χ1) is 14.9. The van der Waals surface area contributed by atoms with Crippen LogP contribution in [-0.2, 0) is 28.7 Å². The molecule has 0 aliphatic carbocycles. The molecule has 1 unspecified atom stereocenters. The van der Waals surface area contributed by atoms with E-state index in [1.165, 1.54) is 29.8 Å². The number of carbonyl (C=O) groups is 4. The average molecular weight is 465 g/mol. The number of ether oxygens (including phenoxy) is 2. The molecule has 2 amide bonds. The maximum absolute atomic E-state index is 12.4. The van der Waals surface area contributed by atoms with E-state index in [9.17, 15) is 19.2 Å². The minimum Gasteiger partial charge on any atom is -0.466 e. The number of hydrogen-bond donors (Lipinski definition) is 0. The standard InChI is InChI=1S/C21H24N2O6S2/c1-28-20(26)11-19-22(18(25)13-31-19)8-3-9-29-21(27)14-10-17(24)23(12-14)15-4-6-16(30-2)7-5-15/h4-7,11,14H,3,8-10,12-13H2,1-2H3/b19-11+. The minimum atomic E-state index is -0.521. The molecule has 1 aromatic carbocycles. The molecule has 10 heteroatoms. The summed E-state index contributed by atoms with van der Waals surface area (Å²) in [5, 5.41) is 0.535. The topological polar surface area (TPSA) is 93.2 Å². The normalized spacial score (nSPS) is 19.9. The Labute approximate surface area is 189 Å². The monoisotopic (exact) mass is 464 g/mol. The molecule has 2 aliphatic rings. The lowest BCUT2D eigenvalue weighted by Gasteiger charge is -2.18. The zero-order chi connectivity index (χ0) is 22.4. The van der Waals surface area contributed by atoms with Crippen molar-refractivity contribution in [2.24, 2.45) is 5.92 Å². The fourth-order valence-corrected chi connectivity index (χ4v) is 4.68. The molecule has 1 atom stereocenters. The molecule has 0 aromatic heterocycles. The number of rotatable bonds is 8. The number of thioether (sulfide) groups is 2. The molecule has 1 aromatic rings. The molecule has 31 heavy (non-hydrogen) atoms. The van der Waals surface area contributed by atoms with Crippen molar-refractivity contribution < 1.29 is 28.7 Å². The summed E-state index contributed by atoms with van der Waals surface area (Å²) in [7, 11) is 1.28. The van der Waals surface area contributed by atoms with Crippen LogP contribution < -0.4 is 4.90 Å². The van der Waals surface area contributed by atoms with Gasteiger partial charge in [0.05, 0.1) is 36.5 Å². The Morgan fingerprint density at radius 1 is 1.23 bits per heavy atom. The molecule has 166 valence electrons. The molecule has 0 bridgehead atoms. The maximum atomic E-state index is 12.4. The zero-order valence-electron chi connectivity index (χ0n) is 17.4. The first kappa shape index (κ1) is 23.2. The molecule has 0 spiro atoms. The fraction of sp³-hybridized carbons (Fsp3) is 0.429. The van der Waals surface area contributed by atoms with Crippen molar-refractivity contribution in [3.05, 3.63) is 35.4 Å². The van der Waals surface area contributed by atoms with Crippen LogP contribution in [0, 0.1) is 5.92 Å². The lowest BCUT2D eigenvalue weighted by Crippen LogP contribution is -2.28. The number of nitrogens with zero attached hydrogens (tertiary/aromatic N) is 2. The van der Waals surface area contributed by atoms with Crippen molar-refractivity contribution in [1.82, 2.24) is 4.90 Å². The third-order valence-corrected chi connectivity index (χ3v) is 6.73. The SMILES string of the molecule is COC(=O)/C=C1/SCC(=O)N1CCCOC(=O)C1CC(=O)N(c2ccc(SC)cc2)C1. The van der Waals surface area contributed by atoms with Gasteiger partial charge in [-0.1, -0.05) is 11.8 Å². The summed E-state index contributed by atoms with van der Waals surface area (Å²) in [5.74, 6) is -1.38. The van der Waals surface area contributed by atoms with Crippen molar-refractivity contribution in [2.75, 3.05) is 43.7 Å². The molecule has 2 fully saturated rings. The van der Waals surface area contributed by atoms with Gasteiger partial charge in [-0.2, -0.15) is 0 Å². The lowest BCUT2D eigenvalue weighted by atomic mass is 10.1. The summed E-state index contributed by atoms with van der Waals surface area (Å²) >= 11 is 2.89. The average Bonchev–Trinajstić information content (AvgIpc) is 3.33. The van der Waals surface area contributed by atoms with Gasteiger partial charge in [0.1, 0.15) is 0 Å².